The molecule has 2 N–H and O–H groups in total. The van der Waals surface area contributed by atoms with Crippen molar-refractivity contribution in [3.05, 3.63) is 119 Å². The third kappa shape index (κ3) is 16.1. The van der Waals surface area contributed by atoms with E-state index in [2.05, 4.69) is 13.8 Å². The Bertz CT molecular complexity index is 1730. The maximum absolute atomic E-state index is 13.6. The summed E-state index contributed by atoms with van der Waals surface area (Å²) in [5.41, 5.74) is 2.63. The number of phenols is 2. The minimum Gasteiger partial charge on any atom is -0.507 e. The number of aromatic hydroxyl groups is 2. The molecule has 0 aliphatic rings. The summed E-state index contributed by atoms with van der Waals surface area (Å²) in [5.74, 6) is 1.06. The molecule has 0 saturated carbocycles. The van der Waals surface area contributed by atoms with E-state index in [1.165, 1.54) is 83.1 Å². The molecule has 0 aromatic heterocycles. The first kappa shape index (κ1) is 45.1. The third-order valence-corrected chi connectivity index (χ3v) is 11.0. The van der Waals surface area contributed by atoms with Crippen LogP contribution in [-0.2, 0) is 6.42 Å². The third-order valence-electron chi connectivity index (χ3n) is 11.0. The first-order valence-electron chi connectivity index (χ1n) is 22.0. The molecule has 0 aliphatic carbocycles. The number of rotatable bonds is 30. The number of carbonyl (C=O) groups is 2. The van der Waals surface area contributed by atoms with Gasteiger partial charge in [0, 0.05) is 23.3 Å². The molecule has 4 rings (SSSR count). The maximum atomic E-state index is 13.6. The van der Waals surface area contributed by atoms with Crippen LogP contribution < -0.4 is 9.47 Å². The van der Waals surface area contributed by atoms with E-state index in [0.717, 1.165) is 56.9 Å². The van der Waals surface area contributed by atoms with Crippen LogP contribution in [0.25, 0.3) is 0 Å². The highest BCUT2D eigenvalue weighted by molar-refractivity contribution is 6.11. The van der Waals surface area contributed by atoms with Crippen molar-refractivity contribution in [3.8, 4) is 23.0 Å². The molecule has 4 aromatic carbocycles. The van der Waals surface area contributed by atoms with Gasteiger partial charge in [-0.1, -0.05) is 177 Å². The van der Waals surface area contributed by atoms with Crippen LogP contribution in [-0.4, -0.2) is 35.0 Å². The number of hydrogen-bond acceptors (Lipinski definition) is 6. The van der Waals surface area contributed by atoms with Crippen LogP contribution in [0.2, 0.25) is 0 Å². The van der Waals surface area contributed by atoms with E-state index in [0.29, 0.717) is 47.3 Å². The molecule has 0 saturated heterocycles. The van der Waals surface area contributed by atoms with Crippen molar-refractivity contribution in [2.45, 2.75) is 142 Å². The summed E-state index contributed by atoms with van der Waals surface area (Å²) >= 11 is 0. The molecule has 0 amide bonds. The van der Waals surface area contributed by atoms with Crippen molar-refractivity contribution in [3.63, 3.8) is 0 Å². The summed E-state index contributed by atoms with van der Waals surface area (Å²) in [5, 5.41) is 21.8. The summed E-state index contributed by atoms with van der Waals surface area (Å²) in [6, 6.07) is 26.5. The van der Waals surface area contributed by atoms with E-state index in [1.54, 1.807) is 54.6 Å². The predicted octanol–water partition coefficient (Wildman–Crippen LogP) is 13.6. The minimum atomic E-state index is -0.224. The van der Waals surface area contributed by atoms with E-state index in [4.69, 9.17) is 9.47 Å². The molecule has 308 valence electrons. The molecular formula is C51H68O6. The average molecular weight is 777 g/mol. The molecule has 0 bridgehead atoms. The van der Waals surface area contributed by atoms with Gasteiger partial charge in [0.2, 0.25) is 0 Å². The number of hydrogen-bond donors (Lipinski definition) is 2. The lowest BCUT2D eigenvalue weighted by atomic mass is 9.87. The van der Waals surface area contributed by atoms with E-state index >= 15 is 0 Å². The zero-order valence-corrected chi connectivity index (χ0v) is 34.8. The predicted molar refractivity (Wildman–Crippen MR) is 233 cm³/mol. The van der Waals surface area contributed by atoms with Crippen LogP contribution in [0.1, 0.15) is 173 Å². The number of phenolic OH excluding ortho intramolecular Hbond substituents is 2. The van der Waals surface area contributed by atoms with Gasteiger partial charge >= 0.3 is 0 Å². The first-order chi connectivity index (χ1) is 27.9. The van der Waals surface area contributed by atoms with Crippen molar-refractivity contribution in [2.75, 3.05) is 13.2 Å². The van der Waals surface area contributed by atoms with E-state index in [-0.39, 0.29) is 28.6 Å². The van der Waals surface area contributed by atoms with E-state index in [9.17, 15) is 19.8 Å². The van der Waals surface area contributed by atoms with Gasteiger partial charge < -0.3 is 19.7 Å². The topological polar surface area (TPSA) is 93.1 Å². The fraction of sp³-hybridized carbons (Fsp3) is 0.490. The lowest BCUT2D eigenvalue weighted by Crippen LogP contribution is -2.11. The number of ether oxygens (including phenoxy) is 2. The molecular weight excluding hydrogens is 709 g/mol. The molecule has 0 heterocycles. The molecule has 1 unspecified atom stereocenters. The average Bonchev–Trinajstić information content (AvgIpc) is 3.23. The Kier molecular flexibility index (Phi) is 20.9. The molecule has 1 atom stereocenters. The van der Waals surface area contributed by atoms with Gasteiger partial charge in [0.1, 0.15) is 23.0 Å². The summed E-state index contributed by atoms with van der Waals surface area (Å²) < 4.78 is 12.4. The maximum Gasteiger partial charge on any atom is 0.196 e. The van der Waals surface area contributed by atoms with Crippen molar-refractivity contribution in [2.24, 2.45) is 5.92 Å². The van der Waals surface area contributed by atoms with Crippen molar-refractivity contribution < 1.29 is 29.3 Å². The quantitative estimate of drug-likeness (QED) is 0.0405. The second-order valence-electron chi connectivity index (χ2n) is 15.7. The van der Waals surface area contributed by atoms with Gasteiger partial charge in [0.05, 0.1) is 24.3 Å². The Morgan fingerprint density at radius 2 is 0.982 bits per heavy atom. The van der Waals surface area contributed by atoms with Crippen LogP contribution >= 0.6 is 0 Å². The van der Waals surface area contributed by atoms with Gasteiger partial charge in [-0.3, -0.25) is 9.59 Å². The number of unbranched alkanes of at least 4 members (excludes halogenated alkanes) is 14. The van der Waals surface area contributed by atoms with E-state index in [1.807, 2.05) is 30.3 Å². The van der Waals surface area contributed by atoms with Gasteiger partial charge in [-0.25, -0.2) is 0 Å². The highest BCUT2D eigenvalue weighted by atomic mass is 16.5. The highest BCUT2D eigenvalue weighted by Gasteiger charge is 2.21. The first-order valence-corrected chi connectivity index (χ1v) is 22.0. The van der Waals surface area contributed by atoms with E-state index < -0.39 is 0 Å². The monoisotopic (exact) mass is 777 g/mol. The van der Waals surface area contributed by atoms with Gasteiger partial charge in [0.25, 0.3) is 0 Å². The molecule has 4 aromatic rings. The van der Waals surface area contributed by atoms with Crippen LogP contribution in [0.3, 0.4) is 0 Å². The molecule has 0 aliphatic heterocycles. The Balaban J connectivity index is 1.38. The molecule has 6 nitrogen and oxygen atoms in total. The second-order valence-corrected chi connectivity index (χ2v) is 15.7. The Labute approximate surface area is 343 Å². The van der Waals surface area contributed by atoms with Crippen molar-refractivity contribution in [1.82, 2.24) is 0 Å². The van der Waals surface area contributed by atoms with Gasteiger partial charge in [-0.15, -0.1) is 0 Å². The highest BCUT2D eigenvalue weighted by Crippen LogP contribution is 2.34. The largest absolute Gasteiger partial charge is 0.507 e. The number of ketones is 2. The summed E-state index contributed by atoms with van der Waals surface area (Å²) in [6.07, 6.45) is 23.2. The number of carbonyl (C=O) groups excluding carboxylic acids is 2. The van der Waals surface area contributed by atoms with Crippen LogP contribution in [0.4, 0.5) is 0 Å². The fourth-order valence-corrected chi connectivity index (χ4v) is 7.57. The Morgan fingerprint density at radius 3 is 1.56 bits per heavy atom. The van der Waals surface area contributed by atoms with Crippen LogP contribution in [0, 0.1) is 5.92 Å². The number of benzene rings is 4. The molecule has 6 heteroatoms. The van der Waals surface area contributed by atoms with Gasteiger partial charge in [0.15, 0.2) is 11.6 Å². The molecule has 0 fully saturated rings. The zero-order valence-electron chi connectivity index (χ0n) is 34.8. The molecule has 57 heavy (non-hydrogen) atoms. The second kappa shape index (κ2) is 26.4. The standard InChI is InChI=1S/C51H68O6/c1-3-5-7-9-10-11-12-13-15-24-35-57-49-39-48(53)46(51(55)42-30-21-17-22-31-42)37-43(49)36-40(26-18-14-8-6-4-2)27-23-25-34-56-44-32-33-45(47(52)38-44)50(54)41-28-19-16-20-29-41/h16-17,19-22,28-33,37-40,52-53H,3-15,18,23-27,34-36H2,1-2H3. The summed E-state index contributed by atoms with van der Waals surface area (Å²) in [7, 11) is 0. The van der Waals surface area contributed by atoms with Crippen LogP contribution in [0.15, 0.2) is 91.0 Å². The minimum absolute atomic E-state index is 0.0394. The Morgan fingerprint density at radius 1 is 0.509 bits per heavy atom. The lowest BCUT2D eigenvalue weighted by Gasteiger charge is -2.21. The van der Waals surface area contributed by atoms with Gasteiger partial charge in [-0.05, 0) is 55.4 Å². The summed E-state index contributed by atoms with van der Waals surface area (Å²) in [4.78, 5) is 26.5. The van der Waals surface area contributed by atoms with Crippen LogP contribution in [0.5, 0.6) is 23.0 Å². The summed E-state index contributed by atoms with van der Waals surface area (Å²) in [6.45, 7) is 5.58. The lowest BCUT2D eigenvalue weighted by molar-refractivity contribution is 0.102. The van der Waals surface area contributed by atoms with Gasteiger partial charge in [-0.2, -0.15) is 0 Å². The molecule has 0 radical (unpaired) electrons. The zero-order chi connectivity index (χ0) is 40.5. The fourth-order valence-electron chi connectivity index (χ4n) is 7.57. The smallest absolute Gasteiger partial charge is 0.196 e. The normalized spacial score (nSPS) is 11.7. The SMILES string of the molecule is CCCCCCCCCCCCOc1cc(O)c(C(=O)c2ccccc2)cc1CC(CCCCCCC)CCCCOc1ccc(C(=O)c2ccccc2)c(O)c1. The van der Waals surface area contributed by atoms with Crippen molar-refractivity contribution in [1.29, 1.82) is 0 Å². The van der Waals surface area contributed by atoms with Crippen molar-refractivity contribution >= 4 is 11.6 Å². The Hall–Kier alpha value is -4.58. The molecule has 0 spiro atoms.